The third kappa shape index (κ3) is 2.82. The molecular formula is C13H19N3O4. The molecule has 0 radical (unpaired) electrons. The van der Waals surface area contributed by atoms with E-state index in [4.69, 9.17) is 5.11 Å². The molecule has 1 aliphatic heterocycles. The molecule has 20 heavy (non-hydrogen) atoms. The molecule has 2 rings (SSSR count). The average molecular weight is 281 g/mol. The van der Waals surface area contributed by atoms with E-state index in [0.717, 1.165) is 12.8 Å². The number of nitro groups is 1. The van der Waals surface area contributed by atoms with Crippen LogP contribution in [0.2, 0.25) is 0 Å². The molecule has 1 atom stereocenters. The number of hydrogen-bond acceptors (Lipinski definition) is 4. The molecule has 0 aliphatic carbocycles. The molecule has 1 fully saturated rings. The van der Waals surface area contributed by atoms with E-state index in [1.807, 2.05) is 6.92 Å². The van der Waals surface area contributed by atoms with Gasteiger partial charge in [0.05, 0.1) is 11.1 Å². The van der Waals surface area contributed by atoms with E-state index in [1.165, 1.54) is 12.3 Å². The van der Waals surface area contributed by atoms with Crippen LogP contribution in [0.3, 0.4) is 0 Å². The Morgan fingerprint density at radius 1 is 1.60 bits per heavy atom. The zero-order valence-corrected chi connectivity index (χ0v) is 11.5. The number of aliphatic hydroxyl groups is 1. The first-order valence-electron chi connectivity index (χ1n) is 6.81. The van der Waals surface area contributed by atoms with Gasteiger partial charge in [0.15, 0.2) is 0 Å². The van der Waals surface area contributed by atoms with E-state index in [-0.39, 0.29) is 24.1 Å². The van der Waals surface area contributed by atoms with Gasteiger partial charge in [-0.3, -0.25) is 14.9 Å². The fourth-order valence-corrected chi connectivity index (χ4v) is 2.53. The quantitative estimate of drug-likeness (QED) is 0.650. The number of aryl methyl sites for hydroxylation is 1. The molecule has 7 nitrogen and oxygen atoms in total. The third-order valence-corrected chi connectivity index (χ3v) is 3.61. The maximum absolute atomic E-state index is 12.4. The van der Waals surface area contributed by atoms with Crippen LogP contribution in [0.4, 0.5) is 5.69 Å². The summed E-state index contributed by atoms with van der Waals surface area (Å²) in [5, 5.41) is 20.0. The van der Waals surface area contributed by atoms with E-state index in [9.17, 15) is 14.9 Å². The molecule has 2 heterocycles. The fraction of sp³-hybridized carbons (Fsp3) is 0.615. The van der Waals surface area contributed by atoms with Crippen LogP contribution in [0.1, 0.15) is 30.3 Å². The van der Waals surface area contributed by atoms with Gasteiger partial charge in [0, 0.05) is 38.2 Å². The number of rotatable bonds is 5. The maximum atomic E-state index is 12.4. The lowest BCUT2D eigenvalue weighted by Gasteiger charge is -2.17. The zero-order valence-electron chi connectivity index (χ0n) is 11.5. The molecule has 1 saturated heterocycles. The second kappa shape index (κ2) is 6.04. The first kappa shape index (κ1) is 14.5. The third-order valence-electron chi connectivity index (χ3n) is 3.61. The second-order valence-electron chi connectivity index (χ2n) is 5.12. The van der Waals surface area contributed by atoms with Gasteiger partial charge >= 0.3 is 0 Å². The Kier molecular flexibility index (Phi) is 4.39. The molecule has 0 aromatic carbocycles. The molecule has 0 bridgehead atoms. The Morgan fingerprint density at radius 3 is 2.90 bits per heavy atom. The highest BCUT2D eigenvalue weighted by atomic mass is 16.6. The minimum absolute atomic E-state index is 0.0558. The van der Waals surface area contributed by atoms with Crippen LogP contribution in [-0.4, -0.2) is 45.1 Å². The summed E-state index contributed by atoms with van der Waals surface area (Å²) in [7, 11) is 0. The van der Waals surface area contributed by atoms with Crippen molar-refractivity contribution in [2.75, 3.05) is 19.7 Å². The van der Waals surface area contributed by atoms with Crippen LogP contribution in [-0.2, 0) is 6.54 Å². The van der Waals surface area contributed by atoms with Crippen molar-refractivity contribution in [1.82, 2.24) is 9.47 Å². The molecule has 0 saturated carbocycles. The van der Waals surface area contributed by atoms with Gasteiger partial charge in [0.1, 0.15) is 5.69 Å². The zero-order chi connectivity index (χ0) is 14.7. The summed E-state index contributed by atoms with van der Waals surface area (Å²) in [6.07, 6.45) is 2.99. The van der Waals surface area contributed by atoms with Gasteiger partial charge in [-0.25, -0.2) is 0 Å². The van der Waals surface area contributed by atoms with Gasteiger partial charge in [-0.1, -0.05) is 6.92 Å². The average Bonchev–Trinajstić information content (AvgIpc) is 3.05. The lowest BCUT2D eigenvalue weighted by atomic mass is 10.1. The Bertz CT molecular complexity index is 512. The number of hydrogen-bond donors (Lipinski definition) is 1. The Balaban J connectivity index is 2.22. The summed E-state index contributed by atoms with van der Waals surface area (Å²) in [5.74, 6) is -0.0778. The molecule has 1 aliphatic rings. The van der Waals surface area contributed by atoms with Crippen LogP contribution < -0.4 is 0 Å². The number of aromatic nitrogens is 1. The molecule has 1 N–H and O–H groups in total. The van der Waals surface area contributed by atoms with E-state index >= 15 is 0 Å². The molecular weight excluding hydrogens is 262 g/mol. The molecule has 7 heteroatoms. The summed E-state index contributed by atoms with van der Waals surface area (Å²) in [6, 6.07) is 1.34. The minimum atomic E-state index is -0.483. The highest BCUT2D eigenvalue weighted by molar-refractivity contribution is 5.93. The van der Waals surface area contributed by atoms with Crippen LogP contribution in [0.15, 0.2) is 12.3 Å². The van der Waals surface area contributed by atoms with Gasteiger partial charge in [-0.05, 0) is 12.8 Å². The SMILES string of the molecule is CCCn1cc([N+](=O)[O-])cc1C(=O)N1CCC(CO)C1. The fourth-order valence-electron chi connectivity index (χ4n) is 2.53. The Labute approximate surface area is 116 Å². The number of aliphatic hydroxyl groups excluding tert-OH is 1. The Morgan fingerprint density at radius 2 is 2.35 bits per heavy atom. The summed E-state index contributed by atoms with van der Waals surface area (Å²) in [4.78, 5) is 24.5. The molecule has 0 spiro atoms. The largest absolute Gasteiger partial charge is 0.396 e. The van der Waals surface area contributed by atoms with E-state index in [2.05, 4.69) is 0 Å². The molecule has 110 valence electrons. The van der Waals surface area contributed by atoms with E-state index < -0.39 is 4.92 Å². The number of carbonyl (C=O) groups excluding carboxylic acids is 1. The smallest absolute Gasteiger partial charge is 0.287 e. The summed E-state index contributed by atoms with van der Waals surface area (Å²) >= 11 is 0. The first-order valence-corrected chi connectivity index (χ1v) is 6.81. The van der Waals surface area contributed by atoms with Gasteiger partial charge in [-0.15, -0.1) is 0 Å². The van der Waals surface area contributed by atoms with Crippen molar-refractivity contribution >= 4 is 11.6 Å². The highest BCUT2D eigenvalue weighted by Gasteiger charge is 2.29. The molecule has 1 aromatic heterocycles. The first-order chi connectivity index (χ1) is 9.56. The van der Waals surface area contributed by atoms with Crippen molar-refractivity contribution in [1.29, 1.82) is 0 Å². The van der Waals surface area contributed by atoms with Crippen molar-refractivity contribution in [3.8, 4) is 0 Å². The van der Waals surface area contributed by atoms with Crippen LogP contribution in [0.25, 0.3) is 0 Å². The normalized spacial score (nSPS) is 18.5. The van der Waals surface area contributed by atoms with E-state index in [1.54, 1.807) is 9.47 Å². The lowest BCUT2D eigenvalue weighted by molar-refractivity contribution is -0.384. The summed E-state index contributed by atoms with van der Waals surface area (Å²) in [5.41, 5.74) is 0.303. The number of likely N-dealkylation sites (tertiary alicyclic amines) is 1. The summed E-state index contributed by atoms with van der Waals surface area (Å²) in [6.45, 7) is 3.71. The summed E-state index contributed by atoms with van der Waals surface area (Å²) < 4.78 is 1.65. The van der Waals surface area contributed by atoms with Crippen molar-refractivity contribution < 1.29 is 14.8 Å². The monoisotopic (exact) mass is 281 g/mol. The van der Waals surface area contributed by atoms with Crippen LogP contribution in [0.5, 0.6) is 0 Å². The lowest BCUT2D eigenvalue weighted by Crippen LogP contribution is -2.30. The van der Waals surface area contributed by atoms with Gasteiger partial charge in [0.25, 0.3) is 11.6 Å². The topological polar surface area (TPSA) is 88.6 Å². The van der Waals surface area contributed by atoms with E-state index in [0.29, 0.717) is 25.3 Å². The van der Waals surface area contributed by atoms with Crippen LogP contribution in [0, 0.1) is 16.0 Å². The molecule has 1 unspecified atom stereocenters. The predicted octanol–water partition coefficient (Wildman–Crippen LogP) is 1.26. The highest BCUT2D eigenvalue weighted by Crippen LogP contribution is 2.22. The second-order valence-corrected chi connectivity index (χ2v) is 5.12. The maximum Gasteiger partial charge on any atom is 0.287 e. The number of amides is 1. The standard InChI is InChI=1S/C13H19N3O4/c1-2-4-14-8-11(16(19)20)6-12(14)13(18)15-5-3-10(7-15)9-17/h6,8,10,17H,2-5,7,9H2,1H3. The van der Waals surface area contributed by atoms with Gasteiger partial charge in [-0.2, -0.15) is 0 Å². The van der Waals surface area contributed by atoms with Crippen LogP contribution >= 0.6 is 0 Å². The molecule has 1 aromatic rings. The van der Waals surface area contributed by atoms with Gasteiger partial charge in [0.2, 0.25) is 0 Å². The van der Waals surface area contributed by atoms with Crippen molar-refractivity contribution in [3.63, 3.8) is 0 Å². The number of carbonyl (C=O) groups is 1. The van der Waals surface area contributed by atoms with Crippen molar-refractivity contribution in [3.05, 3.63) is 28.1 Å². The van der Waals surface area contributed by atoms with Crippen molar-refractivity contribution in [2.45, 2.75) is 26.3 Å². The van der Waals surface area contributed by atoms with Crippen molar-refractivity contribution in [2.24, 2.45) is 5.92 Å². The Hall–Kier alpha value is -1.89. The molecule has 1 amide bonds. The van der Waals surface area contributed by atoms with Gasteiger partial charge < -0.3 is 14.6 Å². The number of nitrogens with zero attached hydrogens (tertiary/aromatic N) is 3. The minimum Gasteiger partial charge on any atom is -0.396 e. The predicted molar refractivity (Wildman–Crippen MR) is 72.5 cm³/mol.